The van der Waals surface area contributed by atoms with E-state index in [1.165, 1.54) is 0 Å². The van der Waals surface area contributed by atoms with Crippen LogP contribution in [0.4, 0.5) is 4.79 Å². The summed E-state index contributed by atoms with van der Waals surface area (Å²) in [5, 5.41) is 14.3. The first-order chi connectivity index (χ1) is 8.90. The fourth-order valence-corrected chi connectivity index (χ4v) is 2.13. The van der Waals surface area contributed by atoms with Crippen molar-refractivity contribution in [2.24, 2.45) is 11.8 Å². The monoisotopic (exact) mass is 272 g/mol. The van der Waals surface area contributed by atoms with Crippen molar-refractivity contribution < 1.29 is 19.4 Å². The molecule has 3 N–H and O–H groups in total. The van der Waals surface area contributed by atoms with Gasteiger partial charge in [-0.1, -0.05) is 13.8 Å². The van der Waals surface area contributed by atoms with Crippen LogP contribution in [0.15, 0.2) is 0 Å². The second kappa shape index (κ2) is 7.33. The molecular weight excluding hydrogens is 248 g/mol. The summed E-state index contributed by atoms with van der Waals surface area (Å²) in [6.45, 7) is 7.08. The average molecular weight is 272 g/mol. The van der Waals surface area contributed by atoms with Crippen LogP contribution in [0.3, 0.4) is 0 Å². The fraction of sp³-hybridized carbons (Fsp3) is 0.846. The molecule has 1 heterocycles. The Kier molecular flexibility index (Phi) is 6.08. The molecule has 3 atom stereocenters. The predicted octanol–water partition coefficient (Wildman–Crippen LogP) is 1.21. The molecule has 0 radical (unpaired) electrons. The van der Waals surface area contributed by atoms with Crippen LogP contribution in [0, 0.1) is 11.8 Å². The van der Waals surface area contributed by atoms with Crippen LogP contribution < -0.4 is 10.6 Å². The van der Waals surface area contributed by atoms with E-state index in [0.717, 1.165) is 13.0 Å². The van der Waals surface area contributed by atoms with Gasteiger partial charge in [0.1, 0.15) is 0 Å². The Hall–Kier alpha value is -1.30. The van der Waals surface area contributed by atoms with Crippen molar-refractivity contribution in [3.63, 3.8) is 0 Å². The van der Waals surface area contributed by atoms with Crippen molar-refractivity contribution in [1.82, 2.24) is 10.6 Å². The minimum absolute atomic E-state index is 0.0615. The van der Waals surface area contributed by atoms with Crippen LogP contribution in [-0.4, -0.2) is 42.4 Å². The molecule has 0 aromatic heterocycles. The van der Waals surface area contributed by atoms with Gasteiger partial charge in [-0.3, -0.25) is 4.79 Å². The number of hydrogen-bond acceptors (Lipinski definition) is 3. The first kappa shape index (κ1) is 15.8. The number of carboxylic acids is 1. The second-order valence-corrected chi connectivity index (χ2v) is 5.43. The largest absolute Gasteiger partial charge is 0.481 e. The zero-order valence-electron chi connectivity index (χ0n) is 11.8. The third kappa shape index (κ3) is 5.46. The van der Waals surface area contributed by atoms with E-state index in [9.17, 15) is 9.59 Å². The molecule has 6 heteroatoms. The normalized spacial score (nSPS) is 24.2. The van der Waals surface area contributed by atoms with Gasteiger partial charge in [-0.15, -0.1) is 0 Å². The lowest BCUT2D eigenvalue weighted by atomic mass is 10.0. The number of nitrogens with one attached hydrogen (secondary N) is 2. The number of rotatable bonds is 6. The minimum Gasteiger partial charge on any atom is -0.481 e. The highest BCUT2D eigenvalue weighted by Gasteiger charge is 2.25. The first-order valence-corrected chi connectivity index (χ1v) is 6.78. The Labute approximate surface area is 113 Å². The van der Waals surface area contributed by atoms with Gasteiger partial charge in [0.15, 0.2) is 0 Å². The summed E-state index contributed by atoms with van der Waals surface area (Å²) in [7, 11) is 0. The van der Waals surface area contributed by atoms with E-state index in [1.54, 1.807) is 0 Å². The summed E-state index contributed by atoms with van der Waals surface area (Å²) in [6.07, 6.45) is 1.05. The van der Waals surface area contributed by atoms with Crippen molar-refractivity contribution in [2.45, 2.75) is 45.8 Å². The van der Waals surface area contributed by atoms with Crippen molar-refractivity contribution in [3.8, 4) is 0 Å². The maximum Gasteiger partial charge on any atom is 0.315 e. The fourth-order valence-electron chi connectivity index (χ4n) is 2.13. The quantitative estimate of drug-likeness (QED) is 0.678. The molecule has 3 unspecified atom stereocenters. The molecule has 0 bridgehead atoms. The molecule has 0 spiro atoms. The van der Waals surface area contributed by atoms with E-state index in [-0.39, 0.29) is 30.5 Å². The molecule has 0 aromatic carbocycles. The minimum atomic E-state index is -0.906. The van der Waals surface area contributed by atoms with Gasteiger partial charge in [-0.25, -0.2) is 4.79 Å². The molecule has 19 heavy (non-hydrogen) atoms. The molecular formula is C13H24N2O4. The Morgan fingerprint density at radius 1 is 1.42 bits per heavy atom. The van der Waals surface area contributed by atoms with Gasteiger partial charge in [-0.05, 0) is 19.3 Å². The van der Waals surface area contributed by atoms with Crippen LogP contribution in [0.5, 0.6) is 0 Å². The number of ether oxygens (including phenoxy) is 1. The lowest BCUT2D eigenvalue weighted by Crippen LogP contribution is -2.47. The van der Waals surface area contributed by atoms with E-state index in [2.05, 4.69) is 10.6 Å². The van der Waals surface area contributed by atoms with Gasteiger partial charge in [0, 0.05) is 25.1 Å². The highest BCUT2D eigenvalue weighted by Crippen LogP contribution is 2.19. The predicted molar refractivity (Wildman–Crippen MR) is 70.9 cm³/mol. The summed E-state index contributed by atoms with van der Waals surface area (Å²) < 4.78 is 5.42. The summed E-state index contributed by atoms with van der Waals surface area (Å²) >= 11 is 0. The number of aliphatic carboxylic acids is 1. The van der Waals surface area contributed by atoms with Crippen molar-refractivity contribution in [3.05, 3.63) is 0 Å². The van der Waals surface area contributed by atoms with Gasteiger partial charge in [0.2, 0.25) is 0 Å². The zero-order valence-corrected chi connectivity index (χ0v) is 11.8. The molecule has 1 saturated heterocycles. The molecule has 1 rings (SSSR count). The molecule has 6 nitrogen and oxygen atoms in total. The van der Waals surface area contributed by atoms with E-state index < -0.39 is 5.97 Å². The van der Waals surface area contributed by atoms with Gasteiger partial charge in [0.05, 0.1) is 12.5 Å². The van der Waals surface area contributed by atoms with E-state index in [1.807, 2.05) is 20.8 Å². The van der Waals surface area contributed by atoms with Crippen LogP contribution >= 0.6 is 0 Å². The molecule has 2 amide bonds. The summed E-state index contributed by atoms with van der Waals surface area (Å²) in [6, 6.07) is -0.659. The lowest BCUT2D eigenvalue weighted by molar-refractivity contribution is -0.137. The summed E-state index contributed by atoms with van der Waals surface area (Å²) in [4.78, 5) is 22.5. The molecule has 0 aliphatic carbocycles. The summed E-state index contributed by atoms with van der Waals surface area (Å²) in [5.41, 5.74) is 0. The van der Waals surface area contributed by atoms with Gasteiger partial charge in [0.25, 0.3) is 0 Å². The summed E-state index contributed by atoms with van der Waals surface area (Å²) in [5.74, 6) is -0.491. The van der Waals surface area contributed by atoms with Crippen molar-refractivity contribution in [1.29, 1.82) is 0 Å². The third-order valence-corrected chi connectivity index (χ3v) is 3.57. The van der Waals surface area contributed by atoms with E-state index in [4.69, 9.17) is 9.84 Å². The number of hydrogen-bond donors (Lipinski definition) is 3. The van der Waals surface area contributed by atoms with Gasteiger partial charge < -0.3 is 20.5 Å². The van der Waals surface area contributed by atoms with Crippen LogP contribution in [0.1, 0.15) is 33.6 Å². The van der Waals surface area contributed by atoms with Crippen LogP contribution in [0.2, 0.25) is 0 Å². The topological polar surface area (TPSA) is 87.7 Å². The van der Waals surface area contributed by atoms with E-state index >= 15 is 0 Å². The van der Waals surface area contributed by atoms with Crippen molar-refractivity contribution in [2.75, 3.05) is 13.2 Å². The zero-order chi connectivity index (χ0) is 14.4. The molecule has 0 saturated carbocycles. The standard InChI is InChI=1S/C13H24N2O4/c1-8(2)11(6-12(16)17)15-13(18)14-7-10-4-5-19-9(10)3/h8-11H,4-7H2,1-3H3,(H,16,17)(H2,14,15,18). The van der Waals surface area contributed by atoms with Crippen molar-refractivity contribution >= 4 is 12.0 Å². The number of carboxylic acid groups (broad SMARTS) is 1. The maximum absolute atomic E-state index is 11.7. The Balaban J connectivity index is 2.33. The molecule has 0 aromatic rings. The highest BCUT2D eigenvalue weighted by molar-refractivity contribution is 5.75. The van der Waals surface area contributed by atoms with Gasteiger partial charge in [-0.2, -0.15) is 0 Å². The average Bonchev–Trinajstić information content (AvgIpc) is 2.70. The number of urea groups is 1. The second-order valence-electron chi connectivity index (χ2n) is 5.43. The SMILES string of the molecule is CC(C)C(CC(=O)O)NC(=O)NCC1CCOC1C. The lowest BCUT2D eigenvalue weighted by Gasteiger charge is -2.22. The molecule has 1 aliphatic rings. The molecule has 1 fully saturated rings. The van der Waals surface area contributed by atoms with Gasteiger partial charge >= 0.3 is 12.0 Å². The van der Waals surface area contributed by atoms with Crippen LogP contribution in [-0.2, 0) is 9.53 Å². The first-order valence-electron chi connectivity index (χ1n) is 6.78. The maximum atomic E-state index is 11.7. The number of carbonyl (C=O) groups excluding carboxylic acids is 1. The highest BCUT2D eigenvalue weighted by atomic mass is 16.5. The Bertz CT molecular complexity index is 320. The molecule has 110 valence electrons. The Morgan fingerprint density at radius 2 is 2.11 bits per heavy atom. The third-order valence-electron chi connectivity index (χ3n) is 3.57. The van der Waals surface area contributed by atoms with E-state index in [0.29, 0.717) is 12.5 Å². The number of carbonyl (C=O) groups is 2. The van der Waals surface area contributed by atoms with Crippen LogP contribution in [0.25, 0.3) is 0 Å². The smallest absolute Gasteiger partial charge is 0.315 e. The number of amides is 2. The Morgan fingerprint density at radius 3 is 2.58 bits per heavy atom. The molecule has 1 aliphatic heterocycles.